The lowest BCUT2D eigenvalue weighted by Crippen LogP contribution is -2.46. The second kappa shape index (κ2) is 7.78. The van der Waals surface area contributed by atoms with Crippen molar-refractivity contribution in [3.63, 3.8) is 0 Å². The predicted octanol–water partition coefficient (Wildman–Crippen LogP) is 1.69. The average Bonchev–Trinajstić information content (AvgIpc) is 3.30. The number of piperidine rings is 1. The molecule has 0 aliphatic carbocycles. The van der Waals surface area contributed by atoms with Crippen LogP contribution in [0, 0.1) is 5.92 Å². The highest BCUT2D eigenvalue weighted by atomic mass is 16.5. The van der Waals surface area contributed by atoms with Crippen molar-refractivity contribution in [2.24, 2.45) is 5.92 Å². The van der Waals surface area contributed by atoms with E-state index in [2.05, 4.69) is 15.8 Å². The molecule has 0 spiro atoms. The second-order valence-electron chi connectivity index (χ2n) is 8.48. The first kappa shape index (κ1) is 18.9. The quantitative estimate of drug-likeness (QED) is 0.851. The summed E-state index contributed by atoms with van der Waals surface area (Å²) in [5.74, 6) is 0.993. The van der Waals surface area contributed by atoms with Gasteiger partial charge in [-0.25, -0.2) is 0 Å². The van der Waals surface area contributed by atoms with Gasteiger partial charge < -0.3 is 20.1 Å². The highest BCUT2D eigenvalue weighted by Crippen LogP contribution is 2.24. The molecule has 0 saturated carbocycles. The van der Waals surface area contributed by atoms with Gasteiger partial charge in [0.05, 0.1) is 6.04 Å². The van der Waals surface area contributed by atoms with Crippen LogP contribution in [-0.2, 0) is 10.2 Å². The third-order valence-electron chi connectivity index (χ3n) is 5.22. The maximum atomic E-state index is 12.7. The third kappa shape index (κ3) is 4.44. The van der Waals surface area contributed by atoms with Gasteiger partial charge in [-0.3, -0.25) is 9.59 Å². The number of hydrogen-bond acceptors (Lipinski definition) is 5. The summed E-state index contributed by atoms with van der Waals surface area (Å²) in [5, 5.41) is 10.2. The SMILES string of the molecule is CC(C)(C)c1cc(C(=O)N2CCCC(CNC(=O)C3CCCN3)C2)no1. The number of carbonyl (C=O) groups excluding carboxylic acids is 2. The standard InChI is InChI=1S/C19H30N4O3/c1-19(2,3)16-10-15(22-26-16)18(25)23-9-5-6-13(12-23)11-21-17(24)14-7-4-8-20-14/h10,13-14,20H,4-9,11-12H2,1-3H3,(H,21,24). The molecule has 1 aromatic rings. The number of amides is 2. The molecule has 2 aliphatic rings. The molecule has 1 aromatic heterocycles. The largest absolute Gasteiger partial charge is 0.360 e. The zero-order valence-corrected chi connectivity index (χ0v) is 16.0. The lowest BCUT2D eigenvalue weighted by molar-refractivity contribution is -0.123. The molecule has 2 atom stereocenters. The van der Waals surface area contributed by atoms with E-state index in [-0.39, 0.29) is 29.2 Å². The molecule has 2 unspecified atom stereocenters. The van der Waals surface area contributed by atoms with E-state index >= 15 is 0 Å². The summed E-state index contributed by atoms with van der Waals surface area (Å²) in [5.41, 5.74) is 0.198. The van der Waals surface area contributed by atoms with Crippen molar-refractivity contribution in [2.45, 2.75) is 57.9 Å². The van der Waals surface area contributed by atoms with Gasteiger partial charge in [0.1, 0.15) is 5.76 Å². The first-order valence-corrected chi connectivity index (χ1v) is 9.62. The summed E-state index contributed by atoms with van der Waals surface area (Å²) >= 11 is 0. The molecule has 2 N–H and O–H groups in total. The molecule has 26 heavy (non-hydrogen) atoms. The summed E-state index contributed by atoms with van der Waals surface area (Å²) < 4.78 is 5.34. The van der Waals surface area contributed by atoms with Crippen molar-refractivity contribution in [3.8, 4) is 0 Å². The number of nitrogens with zero attached hydrogens (tertiary/aromatic N) is 2. The molecule has 3 heterocycles. The van der Waals surface area contributed by atoms with Gasteiger partial charge in [-0.15, -0.1) is 0 Å². The van der Waals surface area contributed by atoms with E-state index in [1.54, 1.807) is 6.07 Å². The molecule has 144 valence electrons. The molecule has 7 heteroatoms. The van der Waals surface area contributed by atoms with E-state index in [9.17, 15) is 9.59 Å². The van der Waals surface area contributed by atoms with Crippen molar-refractivity contribution in [1.29, 1.82) is 0 Å². The first-order chi connectivity index (χ1) is 12.3. The lowest BCUT2D eigenvalue weighted by Gasteiger charge is -2.32. The topological polar surface area (TPSA) is 87.5 Å². The minimum Gasteiger partial charge on any atom is -0.360 e. The maximum absolute atomic E-state index is 12.7. The Morgan fingerprint density at radius 1 is 1.35 bits per heavy atom. The number of carbonyl (C=O) groups is 2. The van der Waals surface area contributed by atoms with Crippen LogP contribution in [0.3, 0.4) is 0 Å². The van der Waals surface area contributed by atoms with Gasteiger partial charge in [-0.2, -0.15) is 0 Å². The van der Waals surface area contributed by atoms with Crippen LogP contribution in [-0.4, -0.2) is 54.1 Å². The first-order valence-electron chi connectivity index (χ1n) is 9.62. The fourth-order valence-electron chi connectivity index (χ4n) is 3.58. The number of nitrogens with one attached hydrogen (secondary N) is 2. The van der Waals surface area contributed by atoms with Crippen LogP contribution in [0.2, 0.25) is 0 Å². The Balaban J connectivity index is 1.53. The lowest BCUT2D eigenvalue weighted by atomic mass is 9.93. The Kier molecular flexibility index (Phi) is 5.65. The van der Waals surface area contributed by atoms with Gasteiger partial charge in [0.25, 0.3) is 5.91 Å². The number of aromatic nitrogens is 1. The van der Waals surface area contributed by atoms with Gasteiger partial charge >= 0.3 is 0 Å². The van der Waals surface area contributed by atoms with Crippen molar-refractivity contribution in [2.75, 3.05) is 26.2 Å². The van der Waals surface area contributed by atoms with Crippen LogP contribution in [0.15, 0.2) is 10.6 Å². The molecular weight excluding hydrogens is 332 g/mol. The number of rotatable bonds is 4. The van der Waals surface area contributed by atoms with E-state index in [1.807, 2.05) is 25.7 Å². The molecule has 2 amide bonds. The van der Waals surface area contributed by atoms with E-state index < -0.39 is 0 Å². The van der Waals surface area contributed by atoms with Gasteiger partial charge in [0.2, 0.25) is 5.91 Å². The summed E-state index contributed by atoms with van der Waals surface area (Å²) in [6.45, 7) is 8.99. The molecule has 0 radical (unpaired) electrons. The normalized spacial score (nSPS) is 23.9. The van der Waals surface area contributed by atoms with Crippen LogP contribution in [0.5, 0.6) is 0 Å². The predicted molar refractivity (Wildman–Crippen MR) is 97.9 cm³/mol. The minimum absolute atomic E-state index is 0.0534. The van der Waals surface area contributed by atoms with E-state index in [0.29, 0.717) is 24.5 Å². The van der Waals surface area contributed by atoms with Crippen LogP contribution in [0.1, 0.15) is 62.7 Å². The van der Waals surface area contributed by atoms with Crippen molar-refractivity contribution in [1.82, 2.24) is 20.7 Å². The van der Waals surface area contributed by atoms with Crippen molar-refractivity contribution >= 4 is 11.8 Å². The zero-order chi connectivity index (χ0) is 18.7. The van der Waals surface area contributed by atoms with Gasteiger partial charge in [0.15, 0.2) is 5.69 Å². The van der Waals surface area contributed by atoms with Crippen molar-refractivity contribution in [3.05, 3.63) is 17.5 Å². The summed E-state index contributed by atoms with van der Waals surface area (Å²) in [4.78, 5) is 26.7. The monoisotopic (exact) mass is 362 g/mol. The van der Waals surface area contributed by atoms with Gasteiger partial charge in [-0.1, -0.05) is 25.9 Å². The minimum atomic E-state index is -0.172. The molecule has 0 aromatic carbocycles. The highest BCUT2D eigenvalue weighted by molar-refractivity contribution is 5.92. The van der Waals surface area contributed by atoms with Crippen molar-refractivity contribution < 1.29 is 14.1 Å². The zero-order valence-electron chi connectivity index (χ0n) is 16.0. The molecule has 2 aliphatic heterocycles. The molecule has 2 saturated heterocycles. The highest BCUT2D eigenvalue weighted by Gasteiger charge is 2.29. The summed E-state index contributed by atoms with van der Waals surface area (Å²) in [7, 11) is 0. The van der Waals surface area contributed by atoms with Crippen LogP contribution in [0.4, 0.5) is 0 Å². The molecule has 2 fully saturated rings. The Morgan fingerprint density at radius 3 is 2.81 bits per heavy atom. The fraction of sp³-hybridized carbons (Fsp3) is 0.737. The average molecular weight is 362 g/mol. The van der Waals surface area contributed by atoms with Crippen LogP contribution in [0.25, 0.3) is 0 Å². The van der Waals surface area contributed by atoms with Crippen LogP contribution < -0.4 is 10.6 Å². The van der Waals surface area contributed by atoms with E-state index in [1.165, 1.54) is 0 Å². The molecular formula is C19H30N4O3. The number of likely N-dealkylation sites (tertiary alicyclic amines) is 1. The number of hydrogen-bond donors (Lipinski definition) is 2. The van der Waals surface area contributed by atoms with Gasteiger partial charge in [0, 0.05) is 31.1 Å². The van der Waals surface area contributed by atoms with E-state index in [0.717, 1.165) is 38.8 Å². The molecule has 7 nitrogen and oxygen atoms in total. The second-order valence-corrected chi connectivity index (χ2v) is 8.48. The Bertz CT molecular complexity index is 643. The molecule has 0 bridgehead atoms. The Labute approximate surface area is 154 Å². The Morgan fingerprint density at radius 2 is 2.15 bits per heavy atom. The smallest absolute Gasteiger partial charge is 0.276 e. The molecule has 3 rings (SSSR count). The summed E-state index contributed by atoms with van der Waals surface area (Å²) in [6, 6.07) is 1.70. The van der Waals surface area contributed by atoms with Gasteiger partial charge in [-0.05, 0) is 38.1 Å². The third-order valence-corrected chi connectivity index (χ3v) is 5.22. The summed E-state index contributed by atoms with van der Waals surface area (Å²) in [6.07, 6.45) is 3.92. The fourth-order valence-corrected chi connectivity index (χ4v) is 3.58. The Hall–Kier alpha value is -1.89. The van der Waals surface area contributed by atoms with E-state index in [4.69, 9.17) is 4.52 Å². The van der Waals surface area contributed by atoms with Crippen LogP contribution >= 0.6 is 0 Å². The maximum Gasteiger partial charge on any atom is 0.276 e.